The zero-order valence-corrected chi connectivity index (χ0v) is 17.4. The van der Waals surface area contributed by atoms with Gasteiger partial charge in [0.2, 0.25) is 11.0 Å². The number of hydrogen-bond donors (Lipinski definition) is 1. The van der Waals surface area contributed by atoms with E-state index in [2.05, 4.69) is 21.5 Å². The van der Waals surface area contributed by atoms with Crippen molar-refractivity contribution in [1.82, 2.24) is 14.7 Å². The summed E-state index contributed by atoms with van der Waals surface area (Å²) in [5, 5.41) is 4.78. The number of anilines is 1. The lowest BCUT2D eigenvalue weighted by molar-refractivity contribution is -0.125. The largest absolute Gasteiger partial charge is 0.356 e. The number of halogens is 1. The Morgan fingerprint density at radius 3 is 2.70 bits per heavy atom. The van der Waals surface area contributed by atoms with E-state index in [1.54, 1.807) is 0 Å². The maximum Gasteiger partial charge on any atom is 0.223 e. The highest BCUT2D eigenvalue weighted by Crippen LogP contribution is 2.25. The first-order valence-corrected chi connectivity index (χ1v) is 10.9. The molecule has 1 amide bonds. The number of amides is 1. The second-order valence-electron chi connectivity index (χ2n) is 7.06. The number of piperidine rings is 1. The van der Waals surface area contributed by atoms with Crippen molar-refractivity contribution in [2.24, 2.45) is 5.92 Å². The lowest BCUT2D eigenvalue weighted by atomic mass is 9.96. The Bertz CT molecular complexity index is 726. The fourth-order valence-corrected chi connectivity index (χ4v) is 4.16. The van der Waals surface area contributed by atoms with Crippen LogP contribution in [0.1, 0.15) is 50.4 Å². The van der Waals surface area contributed by atoms with Crippen LogP contribution in [0.3, 0.4) is 0 Å². The van der Waals surface area contributed by atoms with Crippen molar-refractivity contribution in [3.05, 3.63) is 40.7 Å². The standard InChI is InChI=1S/C20H27ClN4OS/c1-2-3-4-11-22-19(26)16-9-12-25(13-10-16)20-23-18(24-27-20)14-15-5-7-17(21)8-6-15/h5-8,16H,2-4,9-14H2,1H3,(H,22,26). The lowest BCUT2D eigenvalue weighted by Gasteiger charge is -2.30. The average molecular weight is 407 g/mol. The molecule has 0 radical (unpaired) electrons. The number of nitrogens with zero attached hydrogens (tertiary/aromatic N) is 3. The van der Waals surface area contributed by atoms with E-state index in [1.807, 2.05) is 24.3 Å². The number of nitrogens with one attached hydrogen (secondary N) is 1. The molecule has 1 aliphatic heterocycles. The van der Waals surface area contributed by atoms with Gasteiger partial charge in [0.25, 0.3) is 0 Å². The summed E-state index contributed by atoms with van der Waals surface area (Å²) in [6.07, 6.45) is 5.90. The van der Waals surface area contributed by atoms with Crippen LogP contribution in [-0.4, -0.2) is 34.9 Å². The quantitative estimate of drug-likeness (QED) is 0.664. The minimum Gasteiger partial charge on any atom is -0.356 e. The van der Waals surface area contributed by atoms with Crippen molar-refractivity contribution < 1.29 is 4.79 Å². The maximum absolute atomic E-state index is 12.3. The molecule has 0 atom stereocenters. The van der Waals surface area contributed by atoms with E-state index in [1.165, 1.54) is 24.4 Å². The molecule has 1 aliphatic rings. The summed E-state index contributed by atoms with van der Waals surface area (Å²) in [6, 6.07) is 7.80. The summed E-state index contributed by atoms with van der Waals surface area (Å²) in [4.78, 5) is 19.2. The van der Waals surface area contributed by atoms with E-state index in [0.29, 0.717) is 6.42 Å². The van der Waals surface area contributed by atoms with Crippen LogP contribution in [0.25, 0.3) is 0 Å². The van der Waals surface area contributed by atoms with Crippen molar-refractivity contribution >= 4 is 34.2 Å². The third-order valence-electron chi connectivity index (χ3n) is 4.95. The number of hydrogen-bond acceptors (Lipinski definition) is 5. The number of carbonyl (C=O) groups is 1. The van der Waals surface area contributed by atoms with Crippen molar-refractivity contribution in [3.63, 3.8) is 0 Å². The predicted octanol–water partition coefficient (Wildman–Crippen LogP) is 4.31. The predicted molar refractivity (Wildman–Crippen MR) is 112 cm³/mol. The zero-order chi connectivity index (χ0) is 19.1. The summed E-state index contributed by atoms with van der Waals surface area (Å²) in [5.41, 5.74) is 1.15. The van der Waals surface area contributed by atoms with Crippen LogP contribution in [0.15, 0.2) is 24.3 Å². The van der Waals surface area contributed by atoms with Crippen LogP contribution in [-0.2, 0) is 11.2 Å². The summed E-state index contributed by atoms with van der Waals surface area (Å²) in [6.45, 7) is 4.70. The molecule has 2 heterocycles. The van der Waals surface area contributed by atoms with Crippen LogP contribution in [0.5, 0.6) is 0 Å². The molecule has 1 aromatic heterocycles. The fourth-order valence-electron chi connectivity index (χ4n) is 3.29. The van der Waals surface area contributed by atoms with Gasteiger partial charge in [0.1, 0.15) is 5.82 Å². The van der Waals surface area contributed by atoms with Gasteiger partial charge in [-0.2, -0.15) is 4.37 Å². The van der Waals surface area contributed by atoms with Crippen LogP contribution in [0, 0.1) is 5.92 Å². The Labute approximate surface area is 170 Å². The van der Waals surface area contributed by atoms with E-state index < -0.39 is 0 Å². The molecule has 2 aromatic rings. The molecule has 7 heteroatoms. The molecule has 27 heavy (non-hydrogen) atoms. The highest BCUT2D eigenvalue weighted by Gasteiger charge is 2.26. The Kier molecular flexibility index (Phi) is 7.47. The number of carbonyl (C=O) groups excluding carboxylic acids is 1. The molecule has 0 aliphatic carbocycles. The third-order valence-corrected chi connectivity index (χ3v) is 6.02. The molecular formula is C20H27ClN4OS. The summed E-state index contributed by atoms with van der Waals surface area (Å²) >= 11 is 7.38. The minimum absolute atomic E-state index is 0.129. The normalized spacial score (nSPS) is 15.1. The zero-order valence-electron chi connectivity index (χ0n) is 15.8. The van der Waals surface area contributed by atoms with Crippen molar-refractivity contribution in [3.8, 4) is 0 Å². The average Bonchev–Trinajstić information content (AvgIpc) is 3.15. The highest BCUT2D eigenvalue weighted by molar-refractivity contribution is 7.09. The minimum atomic E-state index is 0.129. The second-order valence-corrected chi connectivity index (χ2v) is 8.22. The van der Waals surface area contributed by atoms with Gasteiger partial charge < -0.3 is 10.2 Å². The topological polar surface area (TPSA) is 58.1 Å². The number of benzene rings is 1. The Morgan fingerprint density at radius 1 is 1.26 bits per heavy atom. The van der Waals surface area contributed by atoms with Gasteiger partial charge in [-0.05, 0) is 37.0 Å². The third kappa shape index (κ3) is 5.91. The molecule has 146 valence electrons. The molecular weight excluding hydrogens is 380 g/mol. The highest BCUT2D eigenvalue weighted by atomic mass is 35.5. The monoisotopic (exact) mass is 406 g/mol. The summed E-state index contributed by atoms with van der Waals surface area (Å²) in [5.74, 6) is 1.18. The number of unbranched alkanes of at least 4 members (excludes halogenated alkanes) is 2. The molecule has 1 saturated heterocycles. The molecule has 0 unspecified atom stereocenters. The molecule has 1 aromatic carbocycles. The second kappa shape index (κ2) is 10.0. The van der Waals surface area contributed by atoms with E-state index in [9.17, 15) is 4.79 Å². The number of rotatable bonds is 8. The lowest BCUT2D eigenvalue weighted by Crippen LogP contribution is -2.40. The molecule has 5 nitrogen and oxygen atoms in total. The Balaban J connectivity index is 1.46. The van der Waals surface area contributed by atoms with E-state index in [0.717, 1.165) is 60.4 Å². The van der Waals surface area contributed by atoms with Crippen molar-refractivity contribution in [2.75, 3.05) is 24.5 Å². The molecule has 0 bridgehead atoms. The van der Waals surface area contributed by atoms with E-state index in [4.69, 9.17) is 16.6 Å². The Hall–Kier alpha value is -1.66. The van der Waals surface area contributed by atoms with Gasteiger partial charge in [-0.1, -0.05) is 43.5 Å². The molecule has 0 saturated carbocycles. The van der Waals surface area contributed by atoms with Gasteiger partial charge in [-0.3, -0.25) is 4.79 Å². The smallest absolute Gasteiger partial charge is 0.223 e. The summed E-state index contributed by atoms with van der Waals surface area (Å²) in [7, 11) is 0. The van der Waals surface area contributed by atoms with Gasteiger partial charge in [0, 0.05) is 48.5 Å². The van der Waals surface area contributed by atoms with Crippen LogP contribution < -0.4 is 10.2 Å². The first-order chi connectivity index (χ1) is 13.2. The van der Waals surface area contributed by atoms with Gasteiger partial charge in [0.05, 0.1) is 0 Å². The first-order valence-electron chi connectivity index (χ1n) is 9.75. The van der Waals surface area contributed by atoms with Gasteiger partial charge >= 0.3 is 0 Å². The number of aromatic nitrogens is 2. The maximum atomic E-state index is 12.3. The first kappa shape index (κ1) is 20.1. The van der Waals surface area contributed by atoms with Crippen molar-refractivity contribution in [2.45, 2.75) is 45.4 Å². The molecule has 0 spiro atoms. The van der Waals surface area contributed by atoms with E-state index >= 15 is 0 Å². The van der Waals surface area contributed by atoms with Gasteiger partial charge in [0.15, 0.2) is 0 Å². The van der Waals surface area contributed by atoms with Crippen LogP contribution in [0.4, 0.5) is 5.13 Å². The van der Waals surface area contributed by atoms with Gasteiger partial charge in [-0.15, -0.1) is 0 Å². The van der Waals surface area contributed by atoms with E-state index in [-0.39, 0.29) is 11.8 Å². The molecule has 3 rings (SSSR count). The van der Waals surface area contributed by atoms with Crippen LogP contribution >= 0.6 is 23.1 Å². The van der Waals surface area contributed by atoms with Crippen LogP contribution in [0.2, 0.25) is 5.02 Å². The molecule has 1 fully saturated rings. The molecule has 1 N–H and O–H groups in total. The SMILES string of the molecule is CCCCCNC(=O)C1CCN(c2nc(Cc3ccc(Cl)cc3)ns2)CC1. The van der Waals surface area contributed by atoms with Gasteiger partial charge in [-0.25, -0.2) is 4.98 Å². The Morgan fingerprint density at radius 2 is 2.00 bits per heavy atom. The summed E-state index contributed by atoms with van der Waals surface area (Å²) < 4.78 is 4.50. The van der Waals surface area contributed by atoms with Crippen molar-refractivity contribution in [1.29, 1.82) is 0 Å². The fraction of sp³-hybridized carbons (Fsp3) is 0.550.